The minimum atomic E-state index is -0.623. The van der Waals surface area contributed by atoms with Crippen LogP contribution < -0.4 is 15.2 Å². The third-order valence-electron chi connectivity index (χ3n) is 2.80. The van der Waals surface area contributed by atoms with Crippen LogP contribution in [0.3, 0.4) is 0 Å². The molecule has 7 heteroatoms. The fraction of sp³-hybridized carbons (Fsp3) is 0.312. The van der Waals surface area contributed by atoms with Crippen molar-refractivity contribution in [2.75, 3.05) is 25.6 Å². The lowest BCUT2D eigenvalue weighted by Crippen LogP contribution is -2.15. The van der Waals surface area contributed by atoms with E-state index in [0.29, 0.717) is 12.4 Å². The number of hydrogen-bond acceptors (Lipinski definition) is 7. The van der Waals surface area contributed by atoms with Gasteiger partial charge >= 0.3 is 5.97 Å². The summed E-state index contributed by atoms with van der Waals surface area (Å²) in [5.41, 5.74) is 5.55. The van der Waals surface area contributed by atoms with E-state index in [1.807, 2.05) is 19.1 Å². The molecule has 0 saturated carbocycles. The predicted octanol–water partition coefficient (Wildman–Crippen LogP) is 2.08. The van der Waals surface area contributed by atoms with Gasteiger partial charge in [0.15, 0.2) is 11.5 Å². The lowest BCUT2D eigenvalue weighted by atomic mass is 10.3. The highest BCUT2D eigenvalue weighted by molar-refractivity contribution is 5.91. The smallest absolute Gasteiger partial charge is 0.360 e. The summed E-state index contributed by atoms with van der Waals surface area (Å²) >= 11 is 0. The highest BCUT2D eigenvalue weighted by atomic mass is 16.6. The van der Waals surface area contributed by atoms with Crippen LogP contribution in [0.2, 0.25) is 0 Å². The van der Waals surface area contributed by atoms with Crippen molar-refractivity contribution >= 4 is 11.8 Å². The lowest BCUT2D eigenvalue weighted by molar-refractivity contribution is 0.0444. The third kappa shape index (κ3) is 5.14. The molecule has 1 aromatic heterocycles. The molecular formula is C16H19N3O4. The van der Waals surface area contributed by atoms with Crippen LogP contribution in [0.5, 0.6) is 11.5 Å². The molecule has 122 valence electrons. The van der Waals surface area contributed by atoms with Crippen molar-refractivity contribution in [3.05, 3.63) is 42.4 Å². The fourth-order valence-electron chi connectivity index (χ4n) is 1.72. The first-order chi connectivity index (χ1) is 11.2. The standard InChI is InChI=1S/C16H19N3O4/c1-2-9-21-12-3-5-13(6-4-12)22-10-11-23-16(20)14-15(17)19-8-7-18-14/h3-8H,2,9-11H2,1H3,(H2,17,19). The van der Waals surface area contributed by atoms with Gasteiger partial charge in [-0.1, -0.05) is 6.92 Å². The molecule has 0 aliphatic rings. The van der Waals surface area contributed by atoms with Crippen LogP contribution in [0, 0.1) is 0 Å². The molecule has 0 spiro atoms. The van der Waals surface area contributed by atoms with E-state index in [-0.39, 0.29) is 24.7 Å². The summed E-state index contributed by atoms with van der Waals surface area (Å²) in [5, 5.41) is 0. The number of anilines is 1. The number of ether oxygens (including phenoxy) is 3. The Morgan fingerprint density at radius 3 is 2.22 bits per heavy atom. The Hall–Kier alpha value is -2.83. The van der Waals surface area contributed by atoms with Crippen molar-refractivity contribution in [2.45, 2.75) is 13.3 Å². The number of esters is 1. The summed E-state index contributed by atoms with van der Waals surface area (Å²) in [7, 11) is 0. The molecule has 7 nitrogen and oxygen atoms in total. The molecule has 1 heterocycles. The highest BCUT2D eigenvalue weighted by Gasteiger charge is 2.13. The van der Waals surface area contributed by atoms with Crippen LogP contribution in [0.1, 0.15) is 23.8 Å². The number of carbonyl (C=O) groups is 1. The Labute approximate surface area is 134 Å². The molecule has 0 aliphatic carbocycles. The van der Waals surface area contributed by atoms with Gasteiger partial charge in [0.05, 0.1) is 6.61 Å². The number of nitrogens with two attached hydrogens (primary N) is 1. The Morgan fingerprint density at radius 2 is 1.61 bits per heavy atom. The first kappa shape index (κ1) is 16.5. The molecule has 2 aromatic rings. The normalized spacial score (nSPS) is 10.1. The van der Waals surface area contributed by atoms with E-state index >= 15 is 0 Å². The van der Waals surface area contributed by atoms with Gasteiger partial charge in [0.1, 0.15) is 24.7 Å². The van der Waals surface area contributed by atoms with Crippen molar-refractivity contribution in [3.8, 4) is 11.5 Å². The lowest BCUT2D eigenvalue weighted by Gasteiger charge is -2.09. The van der Waals surface area contributed by atoms with Gasteiger partial charge in [0.25, 0.3) is 0 Å². The monoisotopic (exact) mass is 317 g/mol. The fourth-order valence-corrected chi connectivity index (χ4v) is 1.72. The maximum atomic E-state index is 11.7. The summed E-state index contributed by atoms with van der Waals surface area (Å²) in [4.78, 5) is 19.4. The summed E-state index contributed by atoms with van der Waals surface area (Å²) in [5.74, 6) is 0.885. The first-order valence-electron chi connectivity index (χ1n) is 7.30. The first-order valence-corrected chi connectivity index (χ1v) is 7.30. The van der Waals surface area contributed by atoms with Gasteiger partial charge in [-0.3, -0.25) is 0 Å². The number of nitrogen functional groups attached to an aromatic ring is 1. The van der Waals surface area contributed by atoms with Crippen LogP contribution in [0.4, 0.5) is 5.82 Å². The molecule has 0 aliphatic heterocycles. The largest absolute Gasteiger partial charge is 0.494 e. The zero-order valence-electron chi connectivity index (χ0n) is 12.9. The second-order valence-electron chi connectivity index (χ2n) is 4.59. The second-order valence-corrected chi connectivity index (χ2v) is 4.59. The van der Waals surface area contributed by atoms with E-state index in [2.05, 4.69) is 9.97 Å². The van der Waals surface area contributed by atoms with Crippen molar-refractivity contribution in [1.82, 2.24) is 9.97 Å². The van der Waals surface area contributed by atoms with Crippen LogP contribution in [0.25, 0.3) is 0 Å². The number of aromatic nitrogens is 2. The van der Waals surface area contributed by atoms with Gasteiger partial charge in [-0.2, -0.15) is 0 Å². The summed E-state index contributed by atoms with van der Waals surface area (Å²) in [6, 6.07) is 7.26. The topological polar surface area (TPSA) is 96.6 Å². The van der Waals surface area contributed by atoms with Gasteiger partial charge in [0, 0.05) is 12.4 Å². The molecule has 1 aromatic carbocycles. The van der Waals surface area contributed by atoms with E-state index in [4.69, 9.17) is 19.9 Å². The molecule has 23 heavy (non-hydrogen) atoms. The Balaban J connectivity index is 1.73. The Bertz CT molecular complexity index is 631. The molecular weight excluding hydrogens is 298 g/mol. The number of carbonyl (C=O) groups excluding carboxylic acids is 1. The van der Waals surface area contributed by atoms with Crippen molar-refractivity contribution in [2.24, 2.45) is 0 Å². The van der Waals surface area contributed by atoms with Crippen molar-refractivity contribution in [1.29, 1.82) is 0 Å². The molecule has 2 N–H and O–H groups in total. The molecule has 0 radical (unpaired) electrons. The Morgan fingerprint density at radius 1 is 1.00 bits per heavy atom. The summed E-state index contributed by atoms with van der Waals surface area (Å²) in [6.45, 7) is 3.04. The van der Waals surface area contributed by atoms with Crippen LogP contribution in [-0.2, 0) is 4.74 Å². The zero-order valence-corrected chi connectivity index (χ0v) is 12.9. The van der Waals surface area contributed by atoms with Gasteiger partial charge in [-0.15, -0.1) is 0 Å². The van der Waals surface area contributed by atoms with E-state index in [1.165, 1.54) is 12.4 Å². The van der Waals surface area contributed by atoms with Crippen LogP contribution in [-0.4, -0.2) is 35.8 Å². The second kappa shape index (κ2) is 8.57. The van der Waals surface area contributed by atoms with E-state index < -0.39 is 5.97 Å². The van der Waals surface area contributed by atoms with E-state index in [0.717, 1.165) is 12.2 Å². The van der Waals surface area contributed by atoms with Crippen molar-refractivity contribution < 1.29 is 19.0 Å². The summed E-state index contributed by atoms with van der Waals surface area (Å²) < 4.78 is 16.0. The predicted molar refractivity (Wildman–Crippen MR) is 84.4 cm³/mol. The minimum absolute atomic E-state index is 0.00456. The van der Waals surface area contributed by atoms with Gasteiger partial charge in [-0.05, 0) is 30.7 Å². The molecule has 0 fully saturated rings. The maximum Gasteiger partial charge on any atom is 0.360 e. The molecule has 0 amide bonds. The van der Waals surface area contributed by atoms with Gasteiger partial charge < -0.3 is 19.9 Å². The molecule has 0 atom stereocenters. The number of nitrogens with zero attached hydrogens (tertiary/aromatic N) is 2. The quantitative estimate of drug-likeness (QED) is 0.588. The SMILES string of the molecule is CCCOc1ccc(OCCOC(=O)c2nccnc2N)cc1. The maximum absolute atomic E-state index is 11.7. The van der Waals surface area contributed by atoms with Gasteiger partial charge in [-0.25, -0.2) is 14.8 Å². The van der Waals surface area contributed by atoms with E-state index in [9.17, 15) is 4.79 Å². The zero-order chi connectivity index (χ0) is 16.5. The van der Waals surface area contributed by atoms with Crippen LogP contribution in [0.15, 0.2) is 36.7 Å². The number of hydrogen-bond donors (Lipinski definition) is 1. The van der Waals surface area contributed by atoms with Crippen molar-refractivity contribution in [3.63, 3.8) is 0 Å². The molecule has 0 saturated heterocycles. The van der Waals surface area contributed by atoms with E-state index in [1.54, 1.807) is 12.1 Å². The highest BCUT2D eigenvalue weighted by Crippen LogP contribution is 2.17. The summed E-state index contributed by atoms with van der Waals surface area (Å²) in [6.07, 6.45) is 3.74. The molecule has 0 bridgehead atoms. The average Bonchev–Trinajstić information content (AvgIpc) is 2.58. The van der Waals surface area contributed by atoms with Gasteiger partial charge in [0.2, 0.25) is 0 Å². The number of rotatable bonds is 8. The Kier molecular flexibility index (Phi) is 6.17. The molecule has 0 unspecified atom stereocenters. The van der Waals surface area contributed by atoms with Crippen LogP contribution >= 0.6 is 0 Å². The number of benzene rings is 1. The third-order valence-corrected chi connectivity index (χ3v) is 2.80. The molecule has 2 rings (SSSR count). The minimum Gasteiger partial charge on any atom is -0.494 e. The average molecular weight is 317 g/mol.